The number of benzene rings is 2. The van der Waals surface area contributed by atoms with Crippen LogP contribution in [-0.2, 0) is 13.1 Å². The molecule has 0 atom stereocenters. The standard InChI is InChI=1S/C20H15ClFN5O2/c21-15-7-3-1-5-12(15)9-23-19-24-10-14-17(25-19)26-20(29)27(18(14)28)11-13-6-2-4-8-16(13)22/h1-8,10H,9,11H2,(H2,23,24,25,26,29). The molecule has 0 unspecified atom stereocenters. The fourth-order valence-electron chi connectivity index (χ4n) is 2.88. The van der Waals surface area contributed by atoms with Gasteiger partial charge in [-0.15, -0.1) is 0 Å². The summed E-state index contributed by atoms with van der Waals surface area (Å²) >= 11 is 6.12. The summed E-state index contributed by atoms with van der Waals surface area (Å²) in [6.07, 6.45) is 1.33. The van der Waals surface area contributed by atoms with Crippen molar-refractivity contribution < 1.29 is 4.39 Å². The Morgan fingerprint density at radius 1 is 1.07 bits per heavy atom. The first kappa shape index (κ1) is 18.8. The van der Waals surface area contributed by atoms with Crippen LogP contribution >= 0.6 is 11.6 Å². The first-order valence-corrected chi connectivity index (χ1v) is 9.11. The van der Waals surface area contributed by atoms with Crippen molar-refractivity contribution in [2.24, 2.45) is 0 Å². The highest BCUT2D eigenvalue weighted by atomic mass is 35.5. The summed E-state index contributed by atoms with van der Waals surface area (Å²) in [4.78, 5) is 36.0. The Balaban J connectivity index is 1.65. The van der Waals surface area contributed by atoms with Gasteiger partial charge >= 0.3 is 5.69 Å². The smallest absolute Gasteiger partial charge is 0.330 e. The van der Waals surface area contributed by atoms with Crippen LogP contribution in [0.4, 0.5) is 10.3 Å². The summed E-state index contributed by atoms with van der Waals surface area (Å²) in [5.74, 6) is -0.256. The number of aromatic nitrogens is 4. The molecule has 29 heavy (non-hydrogen) atoms. The van der Waals surface area contributed by atoms with Crippen LogP contribution in [0.3, 0.4) is 0 Å². The third kappa shape index (κ3) is 3.88. The minimum atomic E-state index is -0.679. The number of nitrogens with zero attached hydrogens (tertiary/aromatic N) is 3. The molecule has 146 valence electrons. The molecule has 0 bridgehead atoms. The first-order valence-electron chi connectivity index (χ1n) is 8.73. The second-order valence-electron chi connectivity index (χ2n) is 6.31. The largest absolute Gasteiger partial charge is 0.350 e. The molecular formula is C20H15ClFN5O2. The summed E-state index contributed by atoms with van der Waals surface area (Å²) < 4.78 is 14.8. The van der Waals surface area contributed by atoms with E-state index >= 15 is 0 Å². The molecule has 7 nitrogen and oxygen atoms in total. The molecule has 0 aliphatic rings. The topological polar surface area (TPSA) is 92.7 Å². The average molecular weight is 412 g/mol. The predicted molar refractivity (Wildman–Crippen MR) is 109 cm³/mol. The van der Waals surface area contributed by atoms with E-state index in [0.717, 1.165) is 10.1 Å². The summed E-state index contributed by atoms with van der Waals surface area (Å²) in [6.45, 7) is 0.184. The molecule has 0 saturated carbocycles. The minimum Gasteiger partial charge on any atom is -0.350 e. The van der Waals surface area contributed by atoms with Gasteiger partial charge in [0.05, 0.1) is 6.54 Å². The van der Waals surface area contributed by atoms with Crippen LogP contribution in [-0.4, -0.2) is 19.5 Å². The van der Waals surface area contributed by atoms with Gasteiger partial charge in [0.1, 0.15) is 11.2 Å². The van der Waals surface area contributed by atoms with Gasteiger partial charge in [-0.05, 0) is 17.7 Å². The molecule has 0 fully saturated rings. The van der Waals surface area contributed by atoms with Gasteiger partial charge in [-0.1, -0.05) is 48.0 Å². The lowest BCUT2D eigenvalue weighted by Gasteiger charge is -2.09. The predicted octanol–water partition coefficient (Wildman–Crippen LogP) is 2.93. The van der Waals surface area contributed by atoms with E-state index in [4.69, 9.17) is 11.6 Å². The third-order valence-electron chi connectivity index (χ3n) is 4.42. The normalized spacial score (nSPS) is 11.0. The van der Waals surface area contributed by atoms with Crippen molar-refractivity contribution in [3.8, 4) is 0 Å². The summed E-state index contributed by atoms with van der Waals surface area (Å²) in [6, 6.07) is 13.3. The maximum Gasteiger partial charge on any atom is 0.330 e. The molecule has 2 aromatic carbocycles. The number of rotatable bonds is 5. The van der Waals surface area contributed by atoms with Crippen molar-refractivity contribution in [2.45, 2.75) is 13.1 Å². The number of nitrogens with one attached hydrogen (secondary N) is 2. The molecule has 0 aliphatic carbocycles. The van der Waals surface area contributed by atoms with Gasteiger partial charge in [-0.25, -0.2) is 14.2 Å². The molecule has 0 radical (unpaired) electrons. The van der Waals surface area contributed by atoms with E-state index in [2.05, 4.69) is 20.3 Å². The van der Waals surface area contributed by atoms with Gasteiger partial charge < -0.3 is 5.32 Å². The number of halogens is 2. The van der Waals surface area contributed by atoms with E-state index in [1.807, 2.05) is 18.2 Å². The molecule has 0 amide bonds. The number of aromatic amines is 1. The van der Waals surface area contributed by atoms with Crippen molar-refractivity contribution in [1.82, 2.24) is 19.5 Å². The highest BCUT2D eigenvalue weighted by Gasteiger charge is 2.12. The fourth-order valence-corrected chi connectivity index (χ4v) is 3.08. The Hall–Kier alpha value is -3.52. The highest BCUT2D eigenvalue weighted by Crippen LogP contribution is 2.16. The van der Waals surface area contributed by atoms with Crippen LogP contribution < -0.4 is 16.6 Å². The van der Waals surface area contributed by atoms with Gasteiger partial charge in [0, 0.05) is 23.3 Å². The van der Waals surface area contributed by atoms with Crippen LogP contribution in [0.1, 0.15) is 11.1 Å². The van der Waals surface area contributed by atoms with E-state index in [1.165, 1.54) is 24.4 Å². The zero-order valence-corrected chi connectivity index (χ0v) is 15.8. The van der Waals surface area contributed by atoms with Crippen molar-refractivity contribution in [2.75, 3.05) is 5.32 Å². The molecule has 0 saturated heterocycles. The number of H-pyrrole nitrogens is 1. The Morgan fingerprint density at radius 2 is 1.79 bits per heavy atom. The molecule has 2 N–H and O–H groups in total. The van der Waals surface area contributed by atoms with E-state index in [-0.39, 0.29) is 29.1 Å². The average Bonchev–Trinajstić information content (AvgIpc) is 2.71. The SMILES string of the molecule is O=c1[nH]c2nc(NCc3ccccc3Cl)ncc2c(=O)n1Cc1ccccc1F. The number of hydrogen-bond acceptors (Lipinski definition) is 5. The lowest BCUT2D eigenvalue weighted by molar-refractivity contribution is 0.590. The van der Waals surface area contributed by atoms with Crippen molar-refractivity contribution in [3.05, 3.63) is 97.5 Å². The quantitative estimate of drug-likeness (QED) is 0.526. The van der Waals surface area contributed by atoms with Crippen LogP contribution in [0, 0.1) is 5.82 Å². The van der Waals surface area contributed by atoms with Crippen LogP contribution in [0.2, 0.25) is 5.02 Å². The van der Waals surface area contributed by atoms with E-state index in [1.54, 1.807) is 12.1 Å². The fraction of sp³-hybridized carbons (Fsp3) is 0.100. The molecule has 0 spiro atoms. The first-order chi connectivity index (χ1) is 14.0. The molecule has 2 heterocycles. The molecule has 9 heteroatoms. The van der Waals surface area contributed by atoms with Crippen LogP contribution in [0.25, 0.3) is 11.0 Å². The summed E-state index contributed by atoms with van der Waals surface area (Å²) in [7, 11) is 0. The Bertz CT molecular complexity index is 1320. The molecule has 4 aromatic rings. The van der Waals surface area contributed by atoms with Gasteiger partial charge in [0.2, 0.25) is 5.95 Å². The second kappa shape index (κ2) is 7.84. The third-order valence-corrected chi connectivity index (χ3v) is 4.78. The van der Waals surface area contributed by atoms with Crippen LogP contribution in [0.5, 0.6) is 0 Å². The van der Waals surface area contributed by atoms with E-state index in [0.29, 0.717) is 11.6 Å². The van der Waals surface area contributed by atoms with Gasteiger partial charge in [0.15, 0.2) is 5.65 Å². The second-order valence-corrected chi connectivity index (χ2v) is 6.72. The Kier molecular flexibility index (Phi) is 5.09. The maximum absolute atomic E-state index is 13.9. The number of hydrogen-bond donors (Lipinski definition) is 2. The molecule has 0 aliphatic heterocycles. The maximum atomic E-state index is 13.9. The van der Waals surface area contributed by atoms with Crippen molar-refractivity contribution in [3.63, 3.8) is 0 Å². The Morgan fingerprint density at radius 3 is 2.55 bits per heavy atom. The van der Waals surface area contributed by atoms with Gasteiger partial charge in [0.25, 0.3) is 5.56 Å². The molecular weight excluding hydrogens is 397 g/mol. The van der Waals surface area contributed by atoms with Crippen molar-refractivity contribution >= 4 is 28.6 Å². The molecule has 2 aromatic heterocycles. The van der Waals surface area contributed by atoms with E-state index < -0.39 is 17.1 Å². The monoisotopic (exact) mass is 411 g/mol. The zero-order valence-electron chi connectivity index (χ0n) is 15.0. The summed E-state index contributed by atoms with van der Waals surface area (Å²) in [5.41, 5.74) is -0.0855. The Labute approximate surface area is 168 Å². The lowest BCUT2D eigenvalue weighted by Crippen LogP contribution is -2.36. The van der Waals surface area contributed by atoms with Gasteiger partial charge in [-0.3, -0.25) is 14.3 Å². The van der Waals surface area contributed by atoms with E-state index in [9.17, 15) is 14.0 Å². The van der Waals surface area contributed by atoms with Gasteiger partial charge in [-0.2, -0.15) is 4.98 Å². The highest BCUT2D eigenvalue weighted by molar-refractivity contribution is 6.31. The number of fused-ring (bicyclic) bond motifs is 1. The zero-order chi connectivity index (χ0) is 20.4. The summed E-state index contributed by atoms with van der Waals surface area (Å²) in [5, 5.41) is 3.74. The van der Waals surface area contributed by atoms with Crippen LogP contribution in [0.15, 0.2) is 64.3 Å². The molecule has 4 rings (SSSR count). The minimum absolute atomic E-state index is 0.0986. The lowest BCUT2D eigenvalue weighted by atomic mass is 10.2. The number of anilines is 1. The van der Waals surface area contributed by atoms with Crippen molar-refractivity contribution in [1.29, 1.82) is 0 Å².